The second-order valence-electron chi connectivity index (χ2n) is 6.35. The fourth-order valence-electron chi connectivity index (χ4n) is 3.50. The fraction of sp³-hybridized carbons (Fsp3) is 0.812. The molecule has 0 amide bonds. The van der Waals surface area contributed by atoms with Crippen LogP contribution in [0.25, 0.3) is 0 Å². The zero-order valence-corrected chi connectivity index (χ0v) is 14.8. The Labute approximate surface area is 147 Å². The highest BCUT2D eigenvalue weighted by atomic mass is 35.5. The van der Waals surface area contributed by atoms with E-state index in [9.17, 15) is 4.79 Å². The molecule has 2 fully saturated rings. The van der Waals surface area contributed by atoms with Gasteiger partial charge in [0.25, 0.3) is 0 Å². The predicted molar refractivity (Wildman–Crippen MR) is 89.5 cm³/mol. The molecule has 3 aliphatic rings. The zero-order valence-electron chi connectivity index (χ0n) is 13.3. The van der Waals surface area contributed by atoms with Gasteiger partial charge in [-0.05, 0) is 12.8 Å². The van der Waals surface area contributed by atoms with Crippen molar-refractivity contribution in [2.45, 2.75) is 44.5 Å². The number of carbonyl (C=O) groups is 1. The maximum Gasteiger partial charge on any atom is 0.354 e. The molecule has 1 saturated heterocycles. The fourth-order valence-corrected chi connectivity index (χ4v) is 3.99. The van der Waals surface area contributed by atoms with Crippen molar-refractivity contribution in [1.29, 1.82) is 0 Å². The SMILES string of the molecule is O=C1O[C@H](OC2CCCCC2)C(N2CCN(CCCl)CC2)=C1Cl. The maximum atomic E-state index is 11.9. The molecule has 1 saturated carbocycles. The van der Waals surface area contributed by atoms with Crippen LogP contribution in [0.5, 0.6) is 0 Å². The monoisotopic (exact) mass is 362 g/mol. The van der Waals surface area contributed by atoms with E-state index in [2.05, 4.69) is 9.80 Å². The lowest BCUT2D eigenvalue weighted by molar-refractivity contribution is -0.174. The van der Waals surface area contributed by atoms with Gasteiger partial charge in [0.1, 0.15) is 5.70 Å². The largest absolute Gasteiger partial charge is 0.425 e. The molecule has 0 aromatic heterocycles. The van der Waals surface area contributed by atoms with Gasteiger partial charge in [0.05, 0.1) is 6.10 Å². The molecular weight excluding hydrogens is 339 g/mol. The van der Waals surface area contributed by atoms with E-state index < -0.39 is 12.3 Å². The highest BCUT2D eigenvalue weighted by Gasteiger charge is 2.39. The van der Waals surface area contributed by atoms with Crippen molar-refractivity contribution in [1.82, 2.24) is 9.80 Å². The topological polar surface area (TPSA) is 42.0 Å². The van der Waals surface area contributed by atoms with E-state index in [1.54, 1.807) is 0 Å². The molecule has 2 aliphatic heterocycles. The minimum absolute atomic E-state index is 0.164. The van der Waals surface area contributed by atoms with E-state index in [0.29, 0.717) is 11.6 Å². The van der Waals surface area contributed by atoms with Crippen LogP contribution in [0.1, 0.15) is 32.1 Å². The Hall–Kier alpha value is -0.490. The van der Waals surface area contributed by atoms with Gasteiger partial charge in [-0.15, -0.1) is 11.6 Å². The standard InChI is InChI=1S/C16H24Cl2N2O3/c17-6-7-19-8-10-20(11-9-19)14-13(18)15(21)23-16(14)22-12-4-2-1-3-5-12/h12,16H,1-11H2/t16-/m0/s1. The van der Waals surface area contributed by atoms with Crippen molar-refractivity contribution in [3.63, 3.8) is 0 Å². The average Bonchev–Trinajstić information content (AvgIpc) is 2.84. The highest BCUT2D eigenvalue weighted by Crippen LogP contribution is 2.33. The van der Waals surface area contributed by atoms with E-state index in [-0.39, 0.29) is 11.1 Å². The van der Waals surface area contributed by atoms with Crippen LogP contribution in [0.2, 0.25) is 0 Å². The Kier molecular flexibility index (Phi) is 6.07. The molecule has 0 spiro atoms. The molecule has 130 valence electrons. The van der Waals surface area contributed by atoms with Crippen LogP contribution in [0.15, 0.2) is 10.7 Å². The second kappa shape index (κ2) is 8.06. The summed E-state index contributed by atoms with van der Waals surface area (Å²) in [7, 11) is 0. The molecule has 7 heteroatoms. The Morgan fingerprint density at radius 1 is 1.13 bits per heavy atom. The average molecular weight is 363 g/mol. The van der Waals surface area contributed by atoms with Crippen LogP contribution in [-0.2, 0) is 14.3 Å². The first-order chi connectivity index (χ1) is 11.2. The smallest absolute Gasteiger partial charge is 0.354 e. The number of halogens is 2. The summed E-state index contributed by atoms with van der Waals surface area (Å²) in [4.78, 5) is 16.3. The van der Waals surface area contributed by atoms with Gasteiger partial charge in [-0.3, -0.25) is 4.90 Å². The number of piperazine rings is 1. The number of hydrogen-bond donors (Lipinski definition) is 0. The van der Waals surface area contributed by atoms with Crippen molar-refractivity contribution in [2.24, 2.45) is 0 Å². The predicted octanol–water partition coefficient (Wildman–Crippen LogP) is 2.53. The summed E-state index contributed by atoms with van der Waals surface area (Å²) in [6, 6.07) is 0. The molecule has 0 bridgehead atoms. The third-order valence-corrected chi connectivity index (χ3v) is 5.34. The third kappa shape index (κ3) is 4.13. The molecule has 0 aromatic rings. The number of alkyl halides is 1. The molecule has 1 atom stereocenters. The number of ether oxygens (including phenoxy) is 2. The molecule has 1 aliphatic carbocycles. The zero-order chi connectivity index (χ0) is 16.2. The first-order valence-electron chi connectivity index (χ1n) is 8.48. The van der Waals surface area contributed by atoms with Crippen LogP contribution in [-0.4, -0.2) is 66.8 Å². The summed E-state index contributed by atoms with van der Waals surface area (Å²) in [6.45, 7) is 4.32. The summed E-state index contributed by atoms with van der Waals surface area (Å²) in [5, 5.41) is 0.177. The van der Waals surface area contributed by atoms with Gasteiger partial charge in [0, 0.05) is 38.6 Å². The quantitative estimate of drug-likeness (QED) is 0.555. The number of hydrogen-bond acceptors (Lipinski definition) is 5. The van der Waals surface area contributed by atoms with Crippen LogP contribution in [0.3, 0.4) is 0 Å². The van der Waals surface area contributed by atoms with Crippen molar-refractivity contribution >= 4 is 29.2 Å². The molecule has 23 heavy (non-hydrogen) atoms. The van der Waals surface area contributed by atoms with Gasteiger partial charge in [-0.25, -0.2) is 4.79 Å². The van der Waals surface area contributed by atoms with Gasteiger partial charge in [0.2, 0.25) is 6.29 Å². The van der Waals surface area contributed by atoms with Crippen LogP contribution >= 0.6 is 23.2 Å². The molecule has 5 nitrogen and oxygen atoms in total. The van der Waals surface area contributed by atoms with Crippen LogP contribution in [0.4, 0.5) is 0 Å². The first-order valence-corrected chi connectivity index (χ1v) is 9.39. The maximum absolute atomic E-state index is 11.9. The highest BCUT2D eigenvalue weighted by molar-refractivity contribution is 6.42. The van der Waals surface area contributed by atoms with Gasteiger partial charge in [-0.1, -0.05) is 30.9 Å². The number of cyclic esters (lactones) is 1. The van der Waals surface area contributed by atoms with Crippen LogP contribution < -0.4 is 0 Å². The molecule has 0 N–H and O–H groups in total. The minimum atomic E-state index is -0.641. The lowest BCUT2D eigenvalue weighted by atomic mass is 9.98. The Bertz CT molecular complexity index is 458. The van der Waals surface area contributed by atoms with Gasteiger partial charge in [0.15, 0.2) is 5.03 Å². The van der Waals surface area contributed by atoms with E-state index in [0.717, 1.165) is 45.6 Å². The van der Waals surface area contributed by atoms with Gasteiger partial charge in [-0.2, -0.15) is 0 Å². The third-order valence-electron chi connectivity index (χ3n) is 4.82. The number of nitrogens with zero attached hydrogens (tertiary/aromatic N) is 2. The van der Waals surface area contributed by atoms with Crippen molar-refractivity contribution in [3.05, 3.63) is 10.7 Å². The molecule has 0 aromatic carbocycles. The number of esters is 1. The first kappa shape index (κ1) is 17.3. The van der Waals surface area contributed by atoms with Crippen LogP contribution in [0, 0.1) is 0 Å². The Balaban J connectivity index is 1.63. The minimum Gasteiger partial charge on any atom is -0.425 e. The molecule has 0 unspecified atom stereocenters. The second-order valence-corrected chi connectivity index (χ2v) is 7.11. The summed E-state index contributed by atoms with van der Waals surface area (Å²) >= 11 is 12.0. The molecule has 2 heterocycles. The van der Waals surface area contributed by atoms with E-state index in [4.69, 9.17) is 32.7 Å². The van der Waals surface area contributed by atoms with E-state index in [1.807, 2.05) is 0 Å². The van der Waals surface area contributed by atoms with Gasteiger partial charge < -0.3 is 14.4 Å². The van der Waals surface area contributed by atoms with Crippen molar-refractivity contribution < 1.29 is 14.3 Å². The summed E-state index contributed by atoms with van der Waals surface area (Å²) < 4.78 is 11.4. The number of rotatable bonds is 5. The Morgan fingerprint density at radius 3 is 2.48 bits per heavy atom. The summed E-state index contributed by atoms with van der Waals surface area (Å²) in [6.07, 6.45) is 5.19. The normalized spacial score (nSPS) is 27.7. The molecular formula is C16H24Cl2N2O3. The van der Waals surface area contributed by atoms with Gasteiger partial charge >= 0.3 is 5.97 Å². The lowest BCUT2D eigenvalue weighted by Gasteiger charge is -2.38. The van der Waals surface area contributed by atoms with Crippen molar-refractivity contribution in [2.75, 3.05) is 38.6 Å². The summed E-state index contributed by atoms with van der Waals surface area (Å²) in [5.74, 6) is 0.170. The van der Waals surface area contributed by atoms with E-state index >= 15 is 0 Å². The molecule has 3 rings (SSSR count). The van der Waals surface area contributed by atoms with Crippen molar-refractivity contribution in [3.8, 4) is 0 Å². The lowest BCUT2D eigenvalue weighted by Crippen LogP contribution is -2.48. The Morgan fingerprint density at radius 2 is 1.83 bits per heavy atom. The summed E-state index contributed by atoms with van der Waals surface area (Å²) in [5.41, 5.74) is 0.716. The van der Waals surface area contributed by atoms with E-state index in [1.165, 1.54) is 19.3 Å². The molecule has 0 radical (unpaired) electrons. The number of carbonyl (C=O) groups excluding carboxylic acids is 1.